The van der Waals surface area contributed by atoms with E-state index in [1.807, 2.05) is 31.3 Å². The number of ether oxygens (including phenoxy) is 1. The first-order valence-corrected chi connectivity index (χ1v) is 6.95. The Hall–Kier alpha value is -1.24. The lowest BCUT2D eigenvalue weighted by atomic mass is 10.1. The molecule has 0 aromatic heterocycles. The maximum atomic E-state index is 11.4. The van der Waals surface area contributed by atoms with E-state index >= 15 is 0 Å². The normalized spacial score (nSPS) is 17.6. The Kier molecular flexibility index (Phi) is 6.84. The molecule has 2 N–H and O–H groups in total. The van der Waals surface area contributed by atoms with Gasteiger partial charge in [0.05, 0.1) is 5.25 Å². The van der Waals surface area contributed by atoms with Crippen molar-refractivity contribution >= 4 is 35.3 Å². The number of halogens is 1. The van der Waals surface area contributed by atoms with Gasteiger partial charge in [-0.1, -0.05) is 23.9 Å². The van der Waals surface area contributed by atoms with Gasteiger partial charge in [-0.15, -0.1) is 12.4 Å². The van der Waals surface area contributed by atoms with Gasteiger partial charge < -0.3 is 10.1 Å². The van der Waals surface area contributed by atoms with Crippen LogP contribution in [-0.4, -0.2) is 36.6 Å². The number of hydrogen-bond acceptors (Lipinski definition) is 5. The minimum Gasteiger partial charge on any atom is -0.492 e. The number of hydrogen-bond donors (Lipinski definition) is 2. The summed E-state index contributed by atoms with van der Waals surface area (Å²) in [7, 11) is 1.87. The molecular formula is C13H17ClN2O3S. The molecule has 1 aliphatic heterocycles. The van der Waals surface area contributed by atoms with Gasteiger partial charge in [0, 0.05) is 6.54 Å². The summed E-state index contributed by atoms with van der Waals surface area (Å²) in [5.41, 5.74) is 1.02. The molecular weight excluding hydrogens is 300 g/mol. The van der Waals surface area contributed by atoms with Crippen molar-refractivity contribution in [1.29, 1.82) is 0 Å². The van der Waals surface area contributed by atoms with Crippen molar-refractivity contribution in [3.8, 4) is 5.75 Å². The highest BCUT2D eigenvalue weighted by Gasteiger charge is 2.31. The Morgan fingerprint density at radius 2 is 2.00 bits per heavy atom. The van der Waals surface area contributed by atoms with Crippen LogP contribution in [0.4, 0.5) is 4.79 Å². The van der Waals surface area contributed by atoms with Gasteiger partial charge in [-0.3, -0.25) is 14.9 Å². The summed E-state index contributed by atoms with van der Waals surface area (Å²) in [5.74, 6) is 0.600. The second-order valence-corrected chi connectivity index (χ2v) is 5.36. The number of carbonyl (C=O) groups is 2. The minimum atomic E-state index is -0.316. The Morgan fingerprint density at radius 1 is 1.30 bits per heavy atom. The van der Waals surface area contributed by atoms with E-state index in [1.54, 1.807) is 0 Å². The molecule has 1 unspecified atom stereocenters. The average Bonchev–Trinajstić information content (AvgIpc) is 2.70. The van der Waals surface area contributed by atoms with Crippen molar-refractivity contribution in [2.24, 2.45) is 0 Å². The Labute approximate surface area is 128 Å². The lowest BCUT2D eigenvalue weighted by Gasteiger charge is -2.08. The summed E-state index contributed by atoms with van der Waals surface area (Å²) in [6.45, 7) is 1.41. The predicted molar refractivity (Wildman–Crippen MR) is 81.7 cm³/mol. The number of benzene rings is 1. The van der Waals surface area contributed by atoms with E-state index in [9.17, 15) is 9.59 Å². The third kappa shape index (κ3) is 4.70. The van der Waals surface area contributed by atoms with Crippen LogP contribution in [0.2, 0.25) is 0 Å². The van der Waals surface area contributed by atoms with E-state index in [2.05, 4.69) is 10.6 Å². The van der Waals surface area contributed by atoms with Crippen molar-refractivity contribution in [2.75, 3.05) is 20.2 Å². The van der Waals surface area contributed by atoms with Crippen LogP contribution in [0.5, 0.6) is 5.75 Å². The molecule has 1 atom stereocenters. The number of carbonyl (C=O) groups excluding carboxylic acids is 2. The van der Waals surface area contributed by atoms with E-state index < -0.39 is 0 Å². The van der Waals surface area contributed by atoms with Crippen molar-refractivity contribution in [3.63, 3.8) is 0 Å². The monoisotopic (exact) mass is 316 g/mol. The molecule has 1 heterocycles. The maximum Gasteiger partial charge on any atom is 0.286 e. The molecule has 1 aromatic rings. The zero-order chi connectivity index (χ0) is 13.7. The van der Waals surface area contributed by atoms with E-state index in [-0.39, 0.29) is 28.8 Å². The van der Waals surface area contributed by atoms with Crippen molar-refractivity contribution in [3.05, 3.63) is 29.8 Å². The third-order valence-electron chi connectivity index (χ3n) is 2.73. The number of thioether (sulfide) groups is 1. The highest BCUT2D eigenvalue weighted by molar-refractivity contribution is 8.15. The summed E-state index contributed by atoms with van der Waals surface area (Å²) in [6, 6.07) is 7.60. The van der Waals surface area contributed by atoms with Crippen LogP contribution < -0.4 is 15.4 Å². The molecule has 0 aliphatic carbocycles. The first-order chi connectivity index (χ1) is 9.19. The molecule has 2 rings (SSSR count). The maximum absolute atomic E-state index is 11.4. The molecule has 1 saturated heterocycles. The summed E-state index contributed by atoms with van der Waals surface area (Å²) in [5, 5.41) is 4.71. The fourth-order valence-electron chi connectivity index (χ4n) is 1.73. The fraction of sp³-hybridized carbons (Fsp3) is 0.385. The molecule has 110 valence electrons. The average molecular weight is 317 g/mol. The van der Waals surface area contributed by atoms with Crippen molar-refractivity contribution in [2.45, 2.75) is 11.7 Å². The number of imide groups is 1. The Balaban J connectivity index is 0.00000200. The largest absolute Gasteiger partial charge is 0.492 e. The Morgan fingerprint density at radius 3 is 2.55 bits per heavy atom. The van der Waals surface area contributed by atoms with E-state index in [4.69, 9.17) is 4.74 Å². The van der Waals surface area contributed by atoms with Crippen LogP contribution in [0.15, 0.2) is 24.3 Å². The first-order valence-electron chi connectivity index (χ1n) is 6.07. The van der Waals surface area contributed by atoms with Gasteiger partial charge in [0.2, 0.25) is 5.91 Å². The van der Waals surface area contributed by atoms with Crippen LogP contribution in [0.25, 0.3) is 0 Å². The SMILES string of the molecule is CNCCOc1ccc(CC2SC(=O)NC2=O)cc1.Cl. The summed E-state index contributed by atoms with van der Waals surface area (Å²) >= 11 is 1.05. The molecule has 1 aliphatic rings. The van der Waals surface area contributed by atoms with Gasteiger partial charge in [-0.2, -0.15) is 0 Å². The zero-order valence-corrected chi connectivity index (χ0v) is 12.7. The zero-order valence-electron chi connectivity index (χ0n) is 11.0. The van der Waals surface area contributed by atoms with E-state index in [0.717, 1.165) is 29.6 Å². The summed E-state index contributed by atoms with van der Waals surface area (Å²) < 4.78 is 5.51. The second kappa shape index (κ2) is 8.14. The molecule has 7 heteroatoms. The molecule has 0 radical (unpaired) electrons. The molecule has 1 fully saturated rings. The van der Waals surface area contributed by atoms with Gasteiger partial charge in [0.15, 0.2) is 0 Å². The number of likely N-dealkylation sites (N-methyl/N-ethyl adjacent to an activating group) is 1. The van der Waals surface area contributed by atoms with Crippen LogP contribution in [0.3, 0.4) is 0 Å². The molecule has 0 spiro atoms. The number of rotatable bonds is 6. The lowest BCUT2D eigenvalue weighted by molar-refractivity contribution is -0.118. The first kappa shape index (κ1) is 16.8. The van der Waals surface area contributed by atoms with Crippen LogP contribution >= 0.6 is 24.2 Å². The van der Waals surface area contributed by atoms with E-state index in [1.165, 1.54) is 0 Å². The smallest absolute Gasteiger partial charge is 0.286 e. The van der Waals surface area contributed by atoms with Crippen LogP contribution in [-0.2, 0) is 11.2 Å². The van der Waals surface area contributed by atoms with Gasteiger partial charge >= 0.3 is 0 Å². The van der Waals surface area contributed by atoms with Gasteiger partial charge in [-0.25, -0.2) is 0 Å². The second-order valence-electron chi connectivity index (χ2n) is 4.18. The minimum absolute atomic E-state index is 0. The predicted octanol–water partition coefficient (Wildman–Crippen LogP) is 1.60. The van der Waals surface area contributed by atoms with Crippen LogP contribution in [0, 0.1) is 0 Å². The van der Waals surface area contributed by atoms with Crippen molar-refractivity contribution in [1.82, 2.24) is 10.6 Å². The highest BCUT2D eigenvalue weighted by Crippen LogP contribution is 2.23. The standard InChI is InChI=1S/C13H16N2O3S.ClH/c1-14-6-7-18-10-4-2-9(3-5-10)8-11-12(16)15-13(17)19-11;/h2-5,11,14H,6-8H2,1H3,(H,15,16,17);1H. The number of amides is 2. The molecule has 0 bridgehead atoms. The summed E-state index contributed by atoms with van der Waals surface area (Å²) in [6.07, 6.45) is 0.555. The quantitative estimate of drug-likeness (QED) is 0.780. The van der Waals surface area contributed by atoms with Gasteiger partial charge in [0.1, 0.15) is 12.4 Å². The third-order valence-corrected chi connectivity index (χ3v) is 3.71. The Bertz CT molecular complexity index is 467. The fourth-order valence-corrected chi connectivity index (χ4v) is 2.59. The van der Waals surface area contributed by atoms with Gasteiger partial charge in [0.25, 0.3) is 5.24 Å². The summed E-state index contributed by atoms with van der Waals surface area (Å²) in [4.78, 5) is 22.5. The molecule has 0 saturated carbocycles. The van der Waals surface area contributed by atoms with Gasteiger partial charge in [-0.05, 0) is 31.2 Å². The molecule has 5 nitrogen and oxygen atoms in total. The molecule has 1 aromatic carbocycles. The van der Waals surface area contributed by atoms with Crippen LogP contribution in [0.1, 0.15) is 5.56 Å². The lowest BCUT2D eigenvalue weighted by Crippen LogP contribution is -2.25. The van der Waals surface area contributed by atoms with Crippen molar-refractivity contribution < 1.29 is 14.3 Å². The topological polar surface area (TPSA) is 67.4 Å². The molecule has 2 amide bonds. The molecule has 20 heavy (non-hydrogen) atoms. The number of nitrogens with one attached hydrogen (secondary N) is 2. The van der Waals surface area contributed by atoms with E-state index in [0.29, 0.717) is 13.0 Å². The highest BCUT2D eigenvalue weighted by atomic mass is 35.5.